The van der Waals surface area contributed by atoms with Crippen molar-refractivity contribution in [2.24, 2.45) is 0 Å². The van der Waals surface area contributed by atoms with Gasteiger partial charge in [-0.3, -0.25) is 4.79 Å². The van der Waals surface area contributed by atoms with Crippen LogP contribution in [0.25, 0.3) is 11.4 Å². The van der Waals surface area contributed by atoms with Crippen LogP contribution in [0.4, 0.5) is 5.69 Å². The number of anilines is 1. The Bertz CT molecular complexity index is 817. The standard InChI is InChI=1S/C17H16ClN5O/c1-2-15(17(24)19-14-6-4-3-5-7-14)23-21-16(20-22-23)12-8-10-13(18)11-9-12/h3-11,15H,2H2,1H3,(H,19,24)/t15-/m1/s1. The normalized spacial score (nSPS) is 11.9. The number of rotatable bonds is 5. The Hall–Kier alpha value is -2.73. The first-order chi connectivity index (χ1) is 11.7. The molecule has 1 atom stereocenters. The summed E-state index contributed by atoms with van der Waals surface area (Å²) in [7, 11) is 0. The van der Waals surface area contributed by atoms with Crippen LogP contribution >= 0.6 is 11.6 Å². The van der Waals surface area contributed by atoms with E-state index in [-0.39, 0.29) is 5.91 Å². The van der Waals surface area contributed by atoms with Crippen molar-refractivity contribution in [2.75, 3.05) is 5.32 Å². The lowest BCUT2D eigenvalue weighted by Crippen LogP contribution is -2.27. The highest BCUT2D eigenvalue weighted by atomic mass is 35.5. The molecular weight excluding hydrogens is 326 g/mol. The summed E-state index contributed by atoms with van der Waals surface area (Å²) >= 11 is 5.88. The third-order valence-electron chi connectivity index (χ3n) is 3.54. The molecule has 0 saturated heterocycles. The average Bonchev–Trinajstić information content (AvgIpc) is 3.07. The fourth-order valence-electron chi connectivity index (χ4n) is 2.27. The average molecular weight is 342 g/mol. The van der Waals surface area contributed by atoms with Crippen LogP contribution in [0.3, 0.4) is 0 Å². The van der Waals surface area contributed by atoms with Crippen LogP contribution in [0.15, 0.2) is 54.6 Å². The zero-order valence-electron chi connectivity index (χ0n) is 13.1. The molecule has 1 heterocycles. The molecule has 0 unspecified atom stereocenters. The summed E-state index contributed by atoms with van der Waals surface area (Å²) < 4.78 is 0. The molecule has 1 aromatic heterocycles. The number of tetrazole rings is 1. The summed E-state index contributed by atoms with van der Waals surface area (Å²) in [5.74, 6) is 0.279. The lowest BCUT2D eigenvalue weighted by Gasteiger charge is -2.13. The van der Waals surface area contributed by atoms with E-state index < -0.39 is 6.04 Å². The lowest BCUT2D eigenvalue weighted by atomic mass is 10.2. The second-order valence-corrected chi connectivity index (χ2v) is 5.66. The van der Waals surface area contributed by atoms with Crippen molar-refractivity contribution >= 4 is 23.2 Å². The van der Waals surface area contributed by atoms with Crippen LogP contribution in [0.2, 0.25) is 5.02 Å². The van der Waals surface area contributed by atoms with Crippen molar-refractivity contribution in [3.05, 3.63) is 59.6 Å². The van der Waals surface area contributed by atoms with Gasteiger partial charge in [0.15, 0.2) is 6.04 Å². The van der Waals surface area contributed by atoms with Crippen molar-refractivity contribution in [1.82, 2.24) is 20.2 Å². The van der Waals surface area contributed by atoms with Gasteiger partial charge in [0.1, 0.15) is 0 Å². The van der Waals surface area contributed by atoms with Gasteiger partial charge in [-0.25, -0.2) is 0 Å². The summed E-state index contributed by atoms with van der Waals surface area (Å²) in [5.41, 5.74) is 1.53. The molecule has 2 aromatic carbocycles. The molecule has 7 heteroatoms. The molecule has 0 aliphatic heterocycles. The first kappa shape index (κ1) is 16.1. The maximum Gasteiger partial charge on any atom is 0.251 e. The van der Waals surface area contributed by atoms with Crippen molar-refractivity contribution in [1.29, 1.82) is 0 Å². The van der Waals surface area contributed by atoms with Gasteiger partial charge in [-0.05, 0) is 48.0 Å². The molecule has 6 nitrogen and oxygen atoms in total. The minimum atomic E-state index is -0.529. The molecule has 1 amide bonds. The summed E-state index contributed by atoms with van der Waals surface area (Å²) in [5, 5.41) is 15.9. The number of hydrogen-bond acceptors (Lipinski definition) is 4. The lowest BCUT2D eigenvalue weighted by molar-refractivity contribution is -0.119. The van der Waals surface area contributed by atoms with E-state index in [9.17, 15) is 4.79 Å². The number of amides is 1. The number of halogens is 1. The van der Waals surface area contributed by atoms with Gasteiger partial charge in [0.2, 0.25) is 5.82 Å². The van der Waals surface area contributed by atoms with Gasteiger partial charge < -0.3 is 5.32 Å². The monoisotopic (exact) mass is 341 g/mol. The third-order valence-corrected chi connectivity index (χ3v) is 3.79. The van der Waals surface area contributed by atoms with Crippen LogP contribution in [0.5, 0.6) is 0 Å². The van der Waals surface area contributed by atoms with Gasteiger partial charge >= 0.3 is 0 Å². The number of para-hydroxylation sites is 1. The van der Waals surface area contributed by atoms with Crippen LogP contribution in [-0.2, 0) is 4.79 Å². The topological polar surface area (TPSA) is 72.7 Å². The van der Waals surface area contributed by atoms with Gasteiger partial charge in [-0.15, -0.1) is 10.2 Å². The second-order valence-electron chi connectivity index (χ2n) is 5.22. The summed E-state index contributed by atoms with van der Waals surface area (Å²) in [6, 6.07) is 15.9. The van der Waals surface area contributed by atoms with Gasteiger partial charge in [0, 0.05) is 16.3 Å². The Morgan fingerprint density at radius 3 is 2.54 bits per heavy atom. The summed E-state index contributed by atoms with van der Waals surface area (Å²) in [4.78, 5) is 13.8. The minimum Gasteiger partial charge on any atom is -0.324 e. The minimum absolute atomic E-state index is 0.177. The zero-order chi connectivity index (χ0) is 16.9. The van der Waals surface area contributed by atoms with Gasteiger partial charge in [-0.2, -0.15) is 4.80 Å². The Morgan fingerprint density at radius 2 is 1.88 bits per heavy atom. The van der Waals surface area contributed by atoms with E-state index >= 15 is 0 Å². The molecule has 0 spiro atoms. The van der Waals surface area contributed by atoms with Gasteiger partial charge in [0.05, 0.1) is 0 Å². The molecule has 0 bridgehead atoms. The maximum atomic E-state index is 12.5. The van der Waals surface area contributed by atoms with Crippen molar-refractivity contribution in [3.63, 3.8) is 0 Å². The second kappa shape index (κ2) is 7.23. The molecular formula is C17H16ClN5O. The zero-order valence-corrected chi connectivity index (χ0v) is 13.8. The van der Waals surface area contributed by atoms with Crippen LogP contribution in [0.1, 0.15) is 19.4 Å². The largest absolute Gasteiger partial charge is 0.324 e. The first-order valence-corrected chi connectivity index (χ1v) is 7.96. The highest BCUT2D eigenvalue weighted by Gasteiger charge is 2.22. The first-order valence-electron chi connectivity index (χ1n) is 7.58. The Labute approximate surface area is 144 Å². The Kier molecular flexibility index (Phi) is 4.86. The molecule has 3 rings (SSSR count). The molecule has 0 aliphatic carbocycles. The van der Waals surface area contributed by atoms with E-state index in [1.165, 1.54) is 4.80 Å². The van der Waals surface area contributed by atoms with E-state index in [1.54, 1.807) is 12.1 Å². The van der Waals surface area contributed by atoms with Gasteiger partial charge in [0.25, 0.3) is 5.91 Å². The van der Waals surface area contributed by atoms with Crippen molar-refractivity contribution < 1.29 is 4.79 Å². The van der Waals surface area contributed by atoms with Crippen LogP contribution < -0.4 is 5.32 Å². The molecule has 0 saturated carbocycles. The third kappa shape index (κ3) is 3.60. The number of carbonyl (C=O) groups is 1. The fourth-order valence-corrected chi connectivity index (χ4v) is 2.40. The van der Waals surface area contributed by atoms with Crippen LogP contribution in [0, 0.1) is 0 Å². The van der Waals surface area contributed by atoms with E-state index in [0.717, 1.165) is 11.3 Å². The quantitative estimate of drug-likeness (QED) is 0.769. The van der Waals surface area contributed by atoms with Gasteiger partial charge in [-0.1, -0.05) is 36.7 Å². The number of nitrogens with one attached hydrogen (secondary N) is 1. The summed E-state index contributed by atoms with van der Waals surface area (Å²) in [6.45, 7) is 1.90. The molecule has 1 N–H and O–H groups in total. The van der Waals surface area contributed by atoms with Crippen molar-refractivity contribution in [3.8, 4) is 11.4 Å². The fraction of sp³-hybridized carbons (Fsp3) is 0.176. The molecule has 0 aliphatic rings. The predicted molar refractivity (Wildman–Crippen MR) is 92.7 cm³/mol. The predicted octanol–water partition coefficient (Wildman–Crippen LogP) is 3.58. The number of hydrogen-bond donors (Lipinski definition) is 1. The number of aromatic nitrogens is 4. The number of carbonyl (C=O) groups excluding carboxylic acids is 1. The Balaban J connectivity index is 1.78. The molecule has 3 aromatic rings. The maximum absolute atomic E-state index is 12.5. The summed E-state index contributed by atoms with van der Waals surface area (Å²) in [6.07, 6.45) is 0.551. The molecule has 0 fully saturated rings. The van der Waals surface area contributed by atoms with E-state index in [1.807, 2.05) is 49.4 Å². The molecule has 0 radical (unpaired) electrons. The van der Waals surface area contributed by atoms with E-state index in [0.29, 0.717) is 17.3 Å². The highest BCUT2D eigenvalue weighted by Crippen LogP contribution is 2.19. The van der Waals surface area contributed by atoms with Crippen LogP contribution in [-0.4, -0.2) is 26.1 Å². The van der Waals surface area contributed by atoms with Crippen molar-refractivity contribution in [2.45, 2.75) is 19.4 Å². The van der Waals surface area contributed by atoms with E-state index in [4.69, 9.17) is 11.6 Å². The number of benzene rings is 2. The number of nitrogens with zero attached hydrogens (tertiary/aromatic N) is 4. The molecule has 122 valence electrons. The molecule has 24 heavy (non-hydrogen) atoms. The Morgan fingerprint density at radius 1 is 1.17 bits per heavy atom. The smallest absolute Gasteiger partial charge is 0.251 e. The van der Waals surface area contributed by atoms with E-state index in [2.05, 4.69) is 20.7 Å². The SMILES string of the molecule is CC[C@H](C(=O)Nc1ccccc1)n1nnc(-c2ccc(Cl)cc2)n1. The highest BCUT2D eigenvalue weighted by molar-refractivity contribution is 6.30.